The number of hydrogen-bond donors (Lipinski definition) is 1. The highest BCUT2D eigenvalue weighted by Crippen LogP contribution is 2.31. The molecular formula is C14H22N2O4. The molecular weight excluding hydrogens is 260 g/mol. The molecule has 0 aliphatic rings. The van der Waals surface area contributed by atoms with Gasteiger partial charge in [-0.15, -0.1) is 0 Å². The summed E-state index contributed by atoms with van der Waals surface area (Å²) in [4.78, 5) is 10.4. The summed E-state index contributed by atoms with van der Waals surface area (Å²) in [6, 6.07) is 5.03. The Balaban J connectivity index is 2.54. The minimum atomic E-state index is -0.457. The highest BCUT2D eigenvalue weighted by atomic mass is 16.6. The number of nitro benzene ring substituents is 1. The fraction of sp³-hybridized carbons (Fsp3) is 0.571. The zero-order chi connectivity index (χ0) is 15.0. The van der Waals surface area contributed by atoms with Crippen molar-refractivity contribution in [3.63, 3.8) is 0 Å². The molecule has 1 rings (SSSR count). The van der Waals surface area contributed by atoms with Crippen molar-refractivity contribution in [3.05, 3.63) is 28.3 Å². The van der Waals surface area contributed by atoms with Gasteiger partial charge in [-0.25, -0.2) is 0 Å². The molecule has 0 heterocycles. The highest BCUT2D eigenvalue weighted by molar-refractivity contribution is 5.50. The molecule has 112 valence electrons. The third-order valence-corrected chi connectivity index (χ3v) is 2.57. The molecule has 0 bridgehead atoms. The minimum Gasteiger partial charge on any atom is -0.493 e. The molecule has 20 heavy (non-hydrogen) atoms. The number of ether oxygens (including phenoxy) is 2. The maximum atomic E-state index is 10.8. The van der Waals surface area contributed by atoms with Crippen molar-refractivity contribution in [2.75, 3.05) is 19.8 Å². The average Bonchev–Trinajstić information content (AvgIpc) is 2.38. The van der Waals surface area contributed by atoms with E-state index in [0.29, 0.717) is 25.0 Å². The van der Waals surface area contributed by atoms with Crippen molar-refractivity contribution in [3.8, 4) is 11.5 Å². The molecule has 1 N–H and O–H groups in total. The van der Waals surface area contributed by atoms with Crippen LogP contribution in [0, 0.1) is 10.1 Å². The zero-order valence-corrected chi connectivity index (χ0v) is 12.2. The summed E-state index contributed by atoms with van der Waals surface area (Å²) in [6.07, 6.45) is 0.874. The molecule has 6 nitrogen and oxygen atoms in total. The maximum Gasteiger partial charge on any atom is 0.311 e. The smallest absolute Gasteiger partial charge is 0.311 e. The molecule has 0 aliphatic carbocycles. The van der Waals surface area contributed by atoms with Crippen molar-refractivity contribution >= 4 is 5.69 Å². The Hall–Kier alpha value is -1.82. The van der Waals surface area contributed by atoms with E-state index >= 15 is 0 Å². The molecule has 0 unspecified atom stereocenters. The maximum absolute atomic E-state index is 10.8. The zero-order valence-electron chi connectivity index (χ0n) is 12.2. The van der Waals surface area contributed by atoms with E-state index in [1.165, 1.54) is 6.07 Å². The van der Waals surface area contributed by atoms with E-state index in [-0.39, 0.29) is 11.4 Å². The molecule has 0 aromatic heterocycles. The fourth-order valence-corrected chi connectivity index (χ4v) is 1.66. The Bertz CT molecular complexity index is 435. The first-order valence-electron chi connectivity index (χ1n) is 6.82. The Kier molecular flexibility index (Phi) is 6.79. The predicted molar refractivity (Wildman–Crippen MR) is 77.5 cm³/mol. The molecule has 1 aromatic rings. The van der Waals surface area contributed by atoms with E-state index in [9.17, 15) is 10.1 Å². The molecule has 0 atom stereocenters. The van der Waals surface area contributed by atoms with Crippen LogP contribution in [0.4, 0.5) is 5.69 Å². The Morgan fingerprint density at radius 2 is 2.10 bits per heavy atom. The first-order chi connectivity index (χ1) is 9.54. The second kappa shape index (κ2) is 8.37. The summed E-state index contributed by atoms with van der Waals surface area (Å²) in [5.74, 6) is 0.832. The van der Waals surface area contributed by atoms with Crippen LogP contribution in [0.5, 0.6) is 11.5 Å². The number of rotatable bonds is 9. The summed E-state index contributed by atoms with van der Waals surface area (Å²) >= 11 is 0. The lowest BCUT2D eigenvalue weighted by atomic mass is 10.3. The van der Waals surface area contributed by atoms with Gasteiger partial charge in [0.25, 0.3) is 0 Å². The fourth-order valence-electron chi connectivity index (χ4n) is 1.66. The summed E-state index contributed by atoms with van der Waals surface area (Å²) in [6.45, 7) is 7.78. The van der Waals surface area contributed by atoms with E-state index in [2.05, 4.69) is 19.2 Å². The van der Waals surface area contributed by atoms with Crippen LogP contribution in [0.2, 0.25) is 0 Å². The quantitative estimate of drug-likeness (QED) is 0.428. The van der Waals surface area contributed by atoms with E-state index in [0.717, 1.165) is 13.0 Å². The van der Waals surface area contributed by atoms with E-state index in [1.807, 2.05) is 0 Å². The van der Waals surface area contributed by atoms with Gasteiger partial charge in [-0.05, 0) is 26.0 Å². The molecule has 0 radical (unpaired) electrons. The summed E-state index contributed by atoms with van der Waals surface area (Å²) in [5, 5.41) is 14.1. The average molecular weight is 282 g/mol. The van der Waals surface area contributed by atoms with E-state index in [1.54, 1.807) is 19.1 Å². The molecule has 0 saturated heterocycles. The second-order valence-corrected chi connectivity index (χ2v) is 4.63. The second-order valence-electron chi connectivity index (χ2n) is 4.63. The van der Waals surface area contributed by atoms with Crippen molar-refractivity contribution in [2.24, 2.45) is 0 Å². The molecule has 0 saturated carbocycles. The van der Waals surface area contributed by atoms with Gasteiger partial charge >= 0.3 is 5.69 Å². The van der Waals surface area contributed by atoms with Crippen LogP contribution < -0.4 is 14.8 Å². The summed E-state index contributed by atoms with van der Waals surface area (Å²) in [7, 11) is 0. The lowest BCUT2D eigenvalue weighted by Gasteiger charge is -2.10. The molecule has 0 amide bonds. The van der Waals surface area contributed by atoms with E-state index in [4.69, 9.17) is 9.47 Å². The topological polar surface area (TPSA) is 73.6 Å². The number of nitrogens with one attached hydrogen (secondary N) is 1. The van der Waals surface area contributed by atoms with Gasteiger partial charge in [0.2, 0.25) is 5.75 Å². The summed E-state index contributed by atoms with van der Waals surface area (Å²) < 4.78 is 10.8. The molecule has 0 aliphatic heterocycles. The van der Waals surface area contributed by atoms with Crippen molar-refractivity contribution in [1.82, 2.24) is 5.32 Å². The van der Waals surface area contributed by atoms with Crippen LogP contribution in [0.1, 0.15) is 27.2 Å². The molecule has 6 heteroatoms. The van der Waals surface area contributed by atoms with Gasteiger partial charge < -0.3 is 14.8 Å². The standard InChI is InChI=1S/C14H22N2O4/c1-4-19-14-10-12(6-7-13(14)16(17)18)20-9-5-8-15-11(2)3/h6-7,10-11,15H,4-5,8-9H2,1-3H3. The monoisotopic (exact) mass is 282 g/mol. The van der Waals surface area contributed by atoms with Gasteiger partial charge in [-0.2, -0.15) is 0 Å². The molecule has 0 spiro atoms. The highest BCUT2D eigenvalue weighted by Gasteiger charge is 2.15. The van der Waals surface area contributed by atoms with Crippen LogP contribution in [0.25, 0.3) is 0 Å². The Morgan fingerprint density at radius 3 is 2.70 bits per heavy atom. The normalized spacial score (nSPS) is 10.6. The van der Waals surface area contributed by atoms with Gasteiger partial charge in [-0.3, -0.25) is 10.1 Å². The van der Waals surface area contributed by atoms with Crippen LogP contribution >= 0.6 is 0 Å². The third kappa shape index (κ3) is 5.44. The number of hydrogen-bond acceptors (Lipinski definition) is 5. The SMILES string of the molecule is CCOc1cc(OCCCNC(C)C)ccc1[N+](=O)[O-]. The first kappa shape index (κ1) is 16.2. The van der Waals surface area contributed by atoms with Crippen LogP contribution in [0.15, 0.2) is 18.2 Å². The van der Waals surface area contributed by atoms with Gasteiger partial charge in [0.1, 0.15) is 5.75 Å². The molecule has 1 aromatic carbocycles. The van der Waals surface area contributed by atoms with Crippen molar-refractivity contribution in [1.29, 1.82) is 0 Å². The van der Waals surface area contributed by atoms with Gasteiger partial charge in [0.05, 0.1) is 18.1 Å². The number of nitro groups is 1. The largest absolute Gasteiger partial charge is 0.493 e. The van der Waals surface area contributed by atoms with Crippen LogP contribution in [-0.4, -0.2) is 30.7 Å². The van der Waals surface area contributed by atoms with Crippen LogP contribution in [0.3, 0.4) is 0 Å². The number of benzene rings is 1. The van der Waals surface area contributed by atoms with E-state index < -0.39 is 4.92 Å². The lowest BCUT2D eigenvalue weighted by molar-refractivity contribution is -0.385. The van der Waals surface area contributed by atoms with Gasteiger partial charge in [0.15, 0.2) is 0 Å². The van der Waals surface area contributed by atoms with Crippen molar-refractivity contribution < 1.29 is 14.4 Å². The first-order valence-corrected chi connectivity index (χ1v) is 6.82. The summed E-state index contributed by atoms with van der Waals surface area (Å²) in [5.41, 5.74) is -0.0410. The lowest BCUT2D eigenvalue weighted by Crippen LogP contribution is -2.24. The predicted octanol–water partition coefficient (Wildman–Crippen LogP) is 2.76. The van der Waals surface area contributed by atoms with Crippen molar-refractivity contribution in [2.45, 2.75) is 33.2 Å². The Morgan fingerprint density at radius 1 is 1.35 bits per heavy atom. The van der Waals surface area contributed by atoms with Crippen LogP contribution in [-0.2, 0) is 0 Å². The minimum absolute atomic E-state index is 0.0410. The Labute approximate surface area is 119 Å². The molecule has 0 fully saturated rings. The number of nitrogens with zero attached hydrogens (tertiary/aromatic N) is 1. The van der Waals surface area contributed by atoms with Gasteiger partial charge in [0, 0.05) is 18.2 Å². The third-order valence-electron chi connectivity index (χ3n) is 2.57. The van der Waals surface area contributed by atoms with Gasteiger partial charge in [-0.1, -0.05) is 13.8 Å².